The van der Waals surface area contributed by atoms with Crippen LogP contribution in [0, 0.1) is 0 Å². The fraction of sp³-hybridized carbons (Fsp3) is 1.00. The van der Waals surface area contributed by atoms with Gasteiger partial charge in [0.2, 0.25) is 0 Å². The molecule has 0 amide bonds. The summed E-state index contributed by atoms with van der Waals surface area (Å²) in [6, 6.07) is 0. The first-order valence-electron chi connectivity index (χ1n) is 7.91. The van der Waals surface area contributed by atoms with Crippen LogP contribution in [0.25, 0.3) is 0 Å². The van der Waals surface area contributed by atoms with Gasteiger partial charge in [-0.25, -0.2) is 0 Å². The summed E-state index contributed by atoms with van der Waals surface area (Å²) in [5, 5.41) is 4.48. The molecule has 0 saturated heterocycles. The summed E-state index contributed by atoms with van der Waals surface area (Å²) >= 11 is 3.43. The molecule has 0 unspecified atom stereocenters. The van der Waals surface area contributed by atoms with Gasteiger partial charge in [0, 0.05) is 18.5 Å². The van der Waals surface area contributed by atoms with Crippen LogP contribution in [0.2, 0.25) is 0 Å². The van der Waals surface area contributed by atoms with Gasteiger partial charge in [0.05, 0.1) is 33.0 Å². The standard InChI is InChI=1S/C15H32BrNO3/c1-2-3-10-18-12-14-20-15-13-19-11-9-17-8-6-4-5-7-16/h17H,2-15H2,1H3. The van der Waals surface area contributed by atoms with E-state index in [0.29, 0.717) is 26.4 Å². The molecule has 0 atom stereocenters. The molecule has 0 spiro atoms. The first-order valence-corrected chi connectivity index (χ1v) is 9.03. The Hall–Kier alpha value is 0.320. The van der Waals surface area contributed by atoms with Crippen LogP contribution in [0.5, 0.6) is 0 Å². The van der Waals surface area contributed by atoms with Crippen LogP contribution in [0.1, 0.15) is 39.0 Å². The topological polar surface area (TPSA) is 39.7 Å². The summed E-state index contributed by atoms with van der Waals surface area (Å²) in [7, 11) is 0. The van der Waals surface area contributed by atoms with E-state index in [4.69, 9.17) is 14.2 Å². The summed E-state index contributed by atoms with van der Waals surface area (Å²) in [5.74, 6) is 0. The highest BCUT2D eigenvalue weighted by Crippen LogP contribution is 1.96. The Kier molecular flexibility index (Phi) is 19.6. The fourth-order valence-electron chi connectivity index (χ4n) is 1.58. The molecule has 0 heterocycles. The molecule has 0 saturated carbocycles. The summed E-state index contributed by atoms with van der Waals surface area (Å²) in [6.45, 7) is 8.45. The highest BCUT2D eigenvalue weighted by Gasteiger charge is 1.92. The van der Waals surface area contributed by atoms with E-state index in [0.717, 1.165) is 38.1 Å². The first-order chi connectivity index (χ1) is 9.91. The highest BCUT2D eigenvalue weighted by molar-refractivity contribution is 9.09. The Labute approximate surface area is 133 Å². The number of hydrogen-bond acceptors (Lipinski definition) is 4. The smallest absolute Gasteiger partial charge is 0.0701 e. The van der Waals surface area contributed by atoms with Crippen LogP contribution < -0.4 is 5.32 Å². The van der Waals surface area contributed by atoms with Gasteiger partial charge in [-0.2, -0.15) is 0 Å². The van der Waals surface area contributed by atoms with Gasteiger partial charge in [-0.1, -0.05) is 35.7 Å². The molecule has 122 valence electrons. The van der Waals surface area contributed by atoms with Gasteiger partial charge in [-0.15, -0.1) is 0 Å². The number of hydrogen-bond donors (Lipinski definition) is 1. The normalized spacial score (nSPS) is 11.1. The number of halogens is 1. The second-order valence-corrected chi connectivity index (χ2v) is 5.48. The minimum Gasteiger partial charge on any atom is -0.379 e. The van der Waals surface area contributed by atoms with E-state index in [2.05, 4.69) is 28.2 Å². The predicted octanol–water partition coefficient (Wildman–Crippen LogP) is 2.99. The van der Waals surface area contributed by atoms with Gasteiger partial charge in [0.15, 0.2) is 0 Å². The Morgan fingerprint density at radius 1 is 0.700 bits per heavy atom. The minimum absolute atomic E-state index is 0.655. The summed E-state index contributed by atoms with van der Waals surface area (Å²) in [4.78, 5) is 0. The molecule has 0 aromatic rings. The number of alkyl halides is 1. The molecule has 0 aliphatic rings. The molecule has 0 fully saturated rings. The number of nitrogens with one attached hydrogen (secondary N) is 1. The Morgan fingerprint density at radius 3 is 2.00 bits per heavy atom. The summed E-state index contributed by atoms with van der Waals surface area (Å²) in [5.41, 5.74) is 0. The van der Waals surface area contributed by atoms with E-state index in [1.54, 1.807) is 0 Å². The Bertz CT molecular complexity index is 155. The van der Waals surface area contributed by atoms with Crippen molar-refractivity contribution in [2.45, 2.75) is 39.0 Å². The first kappa shape index (κ1) is 20.3. The second kappa shape index (κ2) is 19.3. The summed E-state index contributed by atoms with van der Waals surface area (Å²) in [6.07, 6.45) is 6.10. The van der Waals surface area contributed by atoms with Gasteiger partial charge in [0.25, 0.3) is 0 Å². The molecule has 0 aromatic heterocycles. The van der Waals surface area contributed by atoms with Crippen LogP contribution in [0.15, 0.2) is 0 Å². The molecule has 5 heteroatoms. The molecule has 20 heavy (non-hydrogen) atoms. The van der Waals surface area contributed by atoms with Crippen molar-refractivity contribution < 1.29 is 14.2 Å². The fourth-order valence-corrected chi connectivity index (χ4v) is 1.98. The quantitative estimate of drug-likeness (QED) is 0.322. The SMILES string of the molecule is CCCCOCCOCCOCCNCCCCCBr. The van der Waals surface area contributed by atoms with Crippen molar-refractivity contribution in [3.63, 3.8) is 0 Å². The second-order valence-electron chi connectivity index (χ2n) is 4.69. The number of rotatable bonds is 17. The maximum Gasteiger partial charge on any atom is 0.0701 e. The van der Waals surface area contributed by atoms with E-state index in [1.807, 2.05) is 0 Å². The van der Waals surface area contributed by atoms with Gasteiger partial charge < -0.3 is 19.5 Å². The molecule has 0 radical (unpaired) electrons. The molecule has 0 aromatic carbocycles. The van der Waals surface area contributed by atoms with Crippen molar-refractivity contribution in [3.8, 4) is 0 Å². The molecular formula is C15H32BrNO3. The van der Waals surface area contributed by atoms with Gasteiger partial charge >= 0.3 is 0 Å². The average Bonchev–Trinajstić information content (AvgIpc) is 2.47. The minimum atomic E-state index is 0.655. The predicted molar refractivity (Wildman–Crippen MR) is 87.9 cm³/mol. The molecule has 4 nitrogen and oxygen atoms in total. The van der Waals surface area contributed by atoms with E-state index in [1.165, 1.54) is 25.7 Å². The van der Waals surface area contributed by atoms with E-state index >= 15 is 0 Å². The van der Waals surface area contributed by atoms with Crippen molar-refractivity contribution in [2.24, 2.45) is 0 Å². The van der Waals surface area contributed by atoms with Crippen molar-refractivity contribution >= 4 is 15.9 Å². The van der Waals surface area contributed by atoms with Crippen molar-refractivity contribution in [3.05, 3.63) is 0 Å². The van der Waals surface area contributed by atoms with Gasteiger partial charge in [0.1, 0.15) is 0 Å². The maximum absolute atomic E-state index is 5.47. The van der Waals surface area contributed by atoms with Crippen LogP contribution in [-0.4, -0.2) is 58.1 Å². The maximum atomic E-state index is 5.47. The molecule has 0 aliphatic heterocycles. The largest absolute Gasteiger partial charge is 0.379 e. The number of ether oxygens (including phenoxy) is 3. The molecule has 0 rings (SSSR count). The molecular weight excluding hydrogens is 322 g/mol. The lowest BCUT2D eigenvalue weighted by Gasteiger charge is -2.07. The van der Waals surface area contributed by atoms with Crippen LogP contribution in [0.4, 0.5) is 0 Å². The average molecular weight is 354 g/mol. The molecule has 0 aliphatic carbocycles. The third-order valence-electron chi connectivity index (χ3n) is 2.80. The zero-order valence-corrected chi connectivity index (χ0v) is 14.6. The van der Waals surface area contributed by atoms with Gasteiger partial charge in [-0.3, -0.25) is 0 Å². The lowest BCUT2D eigenvalue weighted by molar-refractivity contribution is 0.0147. The van der Waals surface area contributed by atoms with E-state index in [-0.39, 0.29) is 0 Å². The number of unbranched alkanes of at least 4 members (excludes halogenated alkanes) is 3. The summed E-state index contributed by atoms with van der Waals surface area (Å²) < 4.78 is 16.3. The van der Waals surface area contributed by atoms with Crippen LogP contribution in [-0.2, 0) is 14.2 Å². The van der Waals surface area contributed by atoms with Crippen molar-refractivity contribution in [1.82, 2.24) is 5.32 Å². The van der Waals surface area contributed by atoms with Crippen LogP contribution in [0.3, 0.4) is 0 Å². The molecule has 1 N–H and O–H groups in total. The monoisotopic (exact) mass is 353 g/mol. The van der Waals surface area contributed by atoms with E-state index in [9.17, 15) is 0 Å². The Morgan fingerprint density at radius 2 is 1.35 bits per heavy atom. The van der Waals surface area contributed by atoms with Gasteiger partial charge in [-0.05, 0) is 25.8 Å². The Balaban J connectivity index is 2.89. The third kappa shape index (κ3) is 18.3. The van der Waals surface area contributed by atoms with Crippen LogP contribution >= 0.6 is 15.9 Å². The lowest BCUT2D eigenvalue weighted by atomic mass is 10.2. The lowest BCUT2D eigenvalue weighted by Crippen LogP contribution is -2.21. The van der Waals surface area contributed by atoms with Crippen molar-refractivity contribution in [1.29, 1.82) is 0 Å². The molecule has 0 bridgehead atoms. The van der Waals surface area contributed by atoms with E-state index < -0.39 is 0 Å². The van der Waals surface area contributed by atoms with Crippen molar-refractivity contribution in [2.75, 3.05) is 58.1 Å². The zero-order chi connectivity index (χ0) is 14.7. The third-order valence-corrected chi connectivity index (χ3v) is 3.36. The zero-order valence-electron chi connectivity index (χ0n) is 13.0. The highest BCUT2D eigenvalue weighted by atomic mass is 79.9.